The Morgan fingerprint density at radius 3 is 2.90 bits per heavy atom. The molecule has 0 bridgehead atoms. The van der Waals surface area contributed by atoms with E-state index < -0.39 is 6.10 Å². The number of fused-ring (bicyclic) bond motifs is 1. The summed E-state index contributed by atoms with van der Waals surface area (Å²) < 4.78 is 4.81. The summed E-state index contributed by atoms with van der Waals surface area (Å²) in [7, 11) is 1.51. The molecule has 2 rings (SSSR count). The Morgan fingerprint density at radius 2 is 2.20 bits per heavy atom. The second kappa shape index (κ2) is 6.07. The molecule has 0 aliphatic carbocycles. The van der Waals surface area contributed by atoms with Crippen LogP contribution in [0.3, 0.4) is 0 Å². The molecule has 1 aromatic heterocycles. The van der Waals surface area contributed by atoms with Crippen LogP contribution in [0, 0.1) is 13.8 Å². The van der Waals surface area contributed by atoms with E-state index in [4.69, 9.17) is 4.74 Å². The monoisotopic (exact) mass is 276 g/mol. The Kier molecular flexibility index (Phi) is 4.42. The van der Waals surface area contributed by atoms with E-state index in [2.05, 4.69) is 10.3 Å². The minimum Gasteiger partial charge on any atom is -0.389 e. The van der Waals surface area contributed by atoms with E-state index in [1.54, 1.807) is 0 Å². The molecule has 5 nitrogen and oxygen atoms in total. The van der Waals surface area contributed by atoms with Gasteiger partial charge in [-0.1, -0.05) is 6.07 Å². The van der Waals surface area contributed by atoms with Gasteiger partial charge in [-0.3, -0.25) is 4.79 Å². The molecule has 0 spiro atoms. The number of rotatable bonds is 5. The number of H-pyrrole nitrogens is 1. The molecule has 0 aliphatic rings. The first-order valence-corrected chi connectivity index (χ1v) is 6.57. The van der Waals surface area contributed by atoms with Gasteiger partial charge in [0.05, 0.1) is 12.7 Å². The number of hydrogen-bond donors (Lipinski definition) is 3. The highest BCUT2D eigenvalue weighted by atomic mass is 16.5. The van der Waals surface area contributed by atoms with Gasteiger partial charge in [0, 0.05) is 24.6 Å². The largest absolute Gasteiger partial charge is 0.389 e. The predicted molar refractivity (Wildman–Crippen MR) is 78.0 cm³/mol. The van der Waals surface area contributed by atoms with Crippen LogP contribution < -0.4 is 5.32 Å². The lowest BCUT2D eigenvalue weighted by Gasteiger charge is -2.09. The Hall–Kier alpha value is -1.85. The number of aryl methyl sites for hydroxylation is 2. The zero-order chi connectivity index (χ0) is 14.7. The van der Waals surface area contributed by atoms with Gasteiger partial charge in [-0.05, 0) is 37.1 Å². The first-order chi connectivity index (χ1) is 9.52. The summed E-state index contributed by atoms with van der Waals surface area (Å²) in [6.45, 7) is 4.45. The molecule has 20 heavy (non-hydrogen) atoms. The highest BCUT2D eigenvalue weighted by Crippen LogP contribution is 2.22. The molecular weight excluding hydrogens is 256 g/mol. The molecule has 1 atom stereocenters. The number of aliphatic hydroxyl groups excluding tert-OH is 1. The highest BCUT2D eigenvalue weighted by molar-refractivity contribution is 5.99. The van der Waals surface area contributed by atoms with Gasteiger partial charge in [-0.2, -0.15) is 0 Å². The number of ether oxygens (including phenoxy) is 1. The van der Waals surface area contributed by atoms with Crippen molar-refractivity contribution in [3.8, 4) is 0 Å². The average molecular weight is 276 g/mol. The number of hydrogen-bond acceptors (Lipinski definition) is 3. The van der Waals surface area contributed by atoms with Gasteiger partial charge in [-0.25, -0.2) is 0 Å². The van der Waals surface area contributed by atoms with Crippen LogP contribution in [-0.4, -0.2) is 42.4 Å². The molecule has 0 aliphatic heterocycles. The Balaban J connectivity index is 2.13. The number of carbonyl (C=O) groups is 1. The van der Waals surface area contributed by atoms with Crippen molar-refractivity contribution in [3.05, 3.63) is 35.0 Å². The summed E-state index contributed by atoms with van der Waals surface area (Å²) >= 11 is 0. The van der Waals surface area contributed by atoms with E-state index >= 15 is 0 Å². The summed E-state index contributed by atoms with van der Waals surface area (Å²) in [4.78, 5) is 15.1. The molecular formula is C15H20N2O3. The fraction of sp³-hybridized carbons (Fsp3) is 0.400. The van der Waals surface area contributed by atoms with E-state index in [0.717, 1.165) is 16.5 Å². The topological polar surface area (TPSA) is 74.3 Å². The van der Waals surface area contributed by atoms with Crippen LogP contribution in [0.1, 0.15) is 21.6 Å². The Bertz CT molecular complexity index is 619. The molecule has 0 saturated heterocycles. The maximum atomic E-state index is 12.0. The zero-order valence-corrected chi connectivity index (χ0v) is 12.0. The van der Waals surface area contributed by atoms with Crippen LogP contribution in [0.5, 0.6) is 0 Å². The molecule has 3 N–H and O–H groups in total. The molecule has 1 heterocycles. The SMILES string of the molecule is COCC(O)CNC(=O)c1cc2c(C)c(C)ccc2[nH]1. The number of aromatic amines is 1. The van der Waals surface area contributed by atoms with Gasteiger partial charge in [0.25, 0.3) is 5.91 Å². The summed E-state index contributed by atoms with van der Waals surface area (Å²) in [6, 6.07) is 5.84. The highest BCUT2D eigenvalue weighted by Gasteiger charge is 2.12. The van der Waals surface area contributed by atoms with Gasteiger partial charge in [0.2, 0.25) is 0 Å². The van der Waals surface area contributed by atoms with Crippen LogP contribution in [-0.2, 0) is 4.74 Å². The minimum absolute atomic E-state index is 0.167. The summed E-state index contributed by atoms with van der Waals surface area (Å²) in [5.41, 5.74) is 3.80. The molecule has 2 aromatic rings. The third-order valence-corrected chi connectivity index (χ3v) is 3.45. The number of carbonyl (C=O) groups excluding carboxylic acids is 1. The minimum atomic E-state index is -0.697. The standard InChI is InChI=1S/C15H20N2O3/c1-9-4-5-13-12(10(9)2)6-14(17-13)15(19)16-7-11(18)8-20-3/h4-6,11,17-18H,7-8H2,1-3H3,(H,16,19). The van der Waals surface area contributed by atoms with E-state index in [0.29, 0.717) is 5.69 Å². The van der Waals surface area contributed by atoms with Crippen molar-refractivity contribution in [2.24, 2.45) is 0 Å². The summed E-state index contributed by atoms with van der Waals surface area (Å²) in [5.74, 6) is -0.228. The van der Waals surface area contributed by atoms with Gasteiger partial charge >= 0.3 is 0 Å². The molecule has 108 valence electrons. The maximum Gasteiger partial charge on any atom is 0.267 e. The third kappa shape index (κ3) is 3.00. The number of aromatic nitrogens is 1. The zero-order valence-electron chi connectivity index (χ0n) is 12.0. The molecule has 0 saturated carbocycles. The molecule has 1 unspecified atom stereocenters. The van der Waals surface area contributed by atoms with Crippen LogP contribution in [0.15, 0.2) is 18.2 Å². The number of aliphatic hydroxyl groups is 1. The van der Waals surface area contributed by atoms with Crippen molar-refractivity contribution in [2.45, 2.75) is 20.0 Å². The van der Waals surface area contributed by atoms with Crippen molar-refractivity contribution in [1.29, 1.82) is 0 Å². The maximum absolute atomic E-state index is 12.0. The van der Waals surface area contributed by atoms with Crippen LogP contribution >= 0.6 is 0 Å². The van der Waals surface area contributed by atoms with E-state index in [9.17, 15) is 9.90 Å². The van der Waals surface area contributed by atoms with Crippen molar-refractivity contribution >= 4 is 16.8 Å². The lowest BCUT2D eigenvalue weighted by molar-refractivity contribution is 0.0609. The first kappa shape index (κ1) is 14.6. The fourth-order valence-corrected chi connectivity index (χ4v) is 2.14. The van der Waals surface area contributed by atoms with Crippen LogP contribution in [0.25, 0.3) is 10.9 Å². The number of methoxy groups -OCH3 is 1. The molecule has 0 fully saturated rings. The third-order valence-electron chi connectivity index (χ3n) is 3.45. The Morgan fingerprint density at radius 1 is 1.45 bits per heavy atom. The second-order valence-corrected chi connectivity index (χ2v) is 4.97. The van der Waals surface area contributed by atoms with Crippen molar-refractivity contribution in [1.82, 2.24) is 10.3 Å². The second-order valence-electron chi connectivity index (χ2n) is 4.97. The number of benzene rings is 1. The fourth-order valence-electron chi connectivity index (χ4n) is 2.14. The van der Waals surface area contributed by atoms with Crippen molar-refractivity contribution in [3.63, 3.8) is 0 Å². The quantitative estimate of drug-likeness (QED) is 0.775. The van der Waals surface area contributed by atoms with Crippen molar-refractivity contribution < 1.29 is 14.6 Å². The van der Waals surface area contributed by atoms with Gasteiger partial charge in [0.15, 0.2) is 0 Å². The summed E-state index contributed by atoms with van der Waals surface area (Å²) in [6.07, 6.45) is -0.697. The summed E-state index contributed by atoms with van der Waals surface area (Å²) in [5, 5.41) is 13.2. The molecule has 5 heteroatoms. The first-order valence-electron chi connectivity index (χ1n) is 6.57. The smallest absolute Gasteiger partial charge is 0.267 e. The lowest BCUT2D eigenvalue weighted by Crippen LogP contribution is -2.34. The normalized spacial score (nSPS) is 12.6. The molecule has 1 aromatic carbocycles. The lowest BCUT2D eigenvalue weighted by atomic mass is 10.1. The van der Waals surface area contributed by atoms with Gasteiger partial charge in [-0.15, -0.1) is 0 Å². The Labute approximate surface area is 117 Å². The van der Waals surface area contributed by atoms with Crippen molar-refractivity contribution in [2.75, 3.05) is 20.3 Å². The molecule has 0 radical (unpaired) electrons. The van der Waals surface area contributed by atoms with E-state index in [-0.39, 0.29) is 19.1 Å². The van der Waals surface area contributed by atoms with Crippen LogP contribution in [0.4, 0.5) is 0 Å². The average Bonchev–Trinajstić information content (AvgIpc) is 2.85. The number of amides is 1. The van der Waals surface area contributed by atoms with Crippen LogP contribution in [0.2, 0.25) is 0 Å². The van der Waals surface area contributed by atoms with Gasteiger partial charge < -0.3 is 20.1 Å². The molecule has 1 amide bonds. The van der Waals surface area contributed by atoms with E-state index in [1.165, 1.54) is 12.7 Å². The van der Waals surface area contributed by atoms with E-state index in [1.807, 2.05) is 32.0 Å². The van der Waals surface area contributed by atoms with Gasteiger partial charge in [0.1, 0.15) is 5.69 Å². The number of nitrogens with one attached hydrogen (secondary N) is 2. The predicted octanol–water partition coefficient (Wildman–Crippen LogP) is 1.52.